The topological polar surface area (TPSA) is 85.5 Å². The van der Waals surface area contributed by atoms with E-state index >= 15 is 0 Å². The fraction of sp³-hybridized carbons (Fsp3) is 0.357. The molecule has 0 aliphatic heterocycles. The van der Waals surface area contributed by atoms with Gasteiger partial charge in [0.2, 0.25) is 0 Å². The van der Waals surface area contributed by atoms with Crippen LogP contribution in [0.25, 0.3) is 0 Å². The highest BCUT2D eigenvalue weighted by Gasteiger charge is 2.21. The molecule has 0 aliphatic carbocycles. The number of carbonyl (C=O) groups is 1. The number of nitrogens with zero attached hydrogens (tertiary/aromatic N) is 2. The molecule has 1 aromatic heterocycles. The van der Waals surface area contributed by atoms with Gasteiger partial charge < -0.3 is 14.4 Å². The lowest BCUT2D eigenvalue weighted by Gasteiger charge is -2.11. The van der Waals surface area contributed by atoms with Crippen LogP contribution in [0, 0.1) is 3.57 Å². The van der Waals surface area contributed by atoms with Crippen LogP contribution < -0.4 is 4.74 Å². The molecule has 0 amide bonds. The van der Waals surface area contributed by atoms with Crippen LogP contribution in [0.5, 0.6) is 5.75 Å². The predicted molar refractivity (Wildman–Crippen MR) is 83.4 cm³/mol. The van der Waals surface area contributed by atoms with Crippen molar-refractivity contribution in [2.24, 2.45) is 0 Å². The molecule has 6 nitrogen and oxygen atoms in total. The molecule has 0 bridgehead atoms. The Balaban J connectivity index is 2.11. The second-order valence-corrected chi connectivity index (χ2v) is 6.66. The Hall–Kier alpha value is -1.64. The highest BCUT2D eigenvalue weighted by atomic mass is 127. The summed E-state index contributed by atoms with van der Waals surface area (Å²) in [5.74, 6) is 0.446. The third-order valence-corrected chi connectivity index (χ3v) is 3.56. The summed E-state index contributed by atoms with van der Waals surface area (Å²) in [6.45, 7) is 6.06. The first kappa shape index (κ1) is 15.7. The highest BCUT2D eigenvalue weighted by molar-refractivity contribution is 14.1. The van der Waals surface area contributed by atoms with Crippen molar-refractivity contribution < 1.29 is 19.2 Å². The smallest absolute Gasteiger partial charge is 0.335 e. The van der Waals surface area contributed by atoms with E-state index in [0.717, 1.165) is 3.57 Å². The van der Waals surface area contributed by atoms with E-state index in [1.54, 1.807) is 6.07 Å². The molecule has 112 valence electrons. The Morgan fingerprint density at radius 2 is 2.14 bits per heavy atom. The molecular weight excluding hydrogens is 387 g/mol. The number of aromatic carboxylic acids is 1. The monoisotopic (exact) mass is 402 g/mol. The lowest BCUT2D eigenvalue weighted by molar-refractivity contribution is 0.0696. The zero-order chi connectivity index (χ0) is 15.6. The summed E-state index contributed by atoms with van der Waals surface area (Å²) in [6, 6.07) is 4.69. The minimum atomic E-state index is -0.996. The predicted octanol–water partition coefficient (Wildman–Crippen LogP) is 3.25. The minimum Gasteiger partial charge on any atom is -0.483 e. The summed E-state index contributed by atoms with van der Waals surface area (Å²) < 4.78 is 11.5. The van der Waals surface area contributed by atoms with Gasteiger partial charge in [0.25, 0.3) is 5.89 Å². The van der Waals surface area contributed by atoms with Crippen LogP contribution in [0.1, 0.15) is 42.8 Å². The van der Waals surface area contributed by atoms with E-state index in [1.807, 2.05) is 20.8 Å². The number of hydrogen-bond acceptors (Lipinski definition) is 5. The van der Waals surface area contributed by atoms with Gasteiger partial charge in [0, 0.05) is 5.41 Å². The van der Waals surface area contributed by atoms with Gasteiger partial charge in [0.05, 0.1) is 9.13 Å². The van der Waals surface area contributed by atoms with E-state index in [9.17, 15) is 4.79 Å². The van der Waals surface area contributed by atoms with Crippen molar-refractivity contribution in [3.05, 3.63) is 39.0 Å². The van der Waals surface area contributed by atoms with Gasteiger partial charge in [-0.25, -0.2) is 4.79 Å². The summed E-state index contributed by atoms with van der Waals surface area (Å²) in [5, 5.41) is 12.9. The number of carboxylic acid groups (broad SMARTS) is 1. The van der Waals surface area contributed by atoms with E-state index in [0.29, 0.717) is 17.5 Å². The molecule has 2 rings (SSSR count). The summed E-state index contributed by atoms with van der Waals surface area (Å²) in [5.41, 5.74) is -0.0225. The van der Waals surface area contributed by atoms with Crippen molar-refractivity contribution in [3.8, 4) is 5.75 Å². The summed E-state index contributed by atoms with van der Waals surface area (Å²) in [4.78, 5) is 15.2. The normalized spacial score (nSPS) is 11.4. The summed E-state index contributed by atoms with van der Waals surface area (Å²) >= 11 is 2.08. The first-order chi connectivity index (χ1) is 9.77. The van der Waals surface area contributed by atoms with Crippen LogP contribution in [-0.2, 0) is 12.0 Å². The molecule has 0 radical (unpaired) electrons. The molecule has 1 aromatic carbocycles. The average molecular weight is 402 g/mol. The molecule has 21 heavy (non-hydrogen) atoms. The summed E-state index contributed by atoms with van der Waals surface area (Å²) in [7, 11) is 0. The number of halogens is 1. The molecule has 0 saturated heterocycles. The third-order valence-electron chi connectivity index (χ3n) is 2.67. The van der Waals surface area contributed by atoms with Gasteiger partial charge >= 0.3 is 5.97 Å². The molecule has 0 fully saturated rings. The molecule has 1 N–H and O–H groups in total. The van der Waals surface area contributed by atoms with Crippen molar-refractivity contribution >= 4 is 28.6 Å². The fourth-order valence-corrected chi connectivity index (χ4v) is 2.00. The van der Waals surface area contributed by atoms with Crippen LogP contribution in [0.3, 0.4) is 0 Å². The molecule has 0 aliphatic rings. The van der Waals surface area contributed by atoms with E-state index in [-0.39, 0.29) is 17.6 Å². The van der Waals surface area contributed by atoms with Gasteiger partial charge in [-0.3, -0.25) is 0 Å². The largest absolute Gasteiger partial charge is 0.483 e. The molecule has 2 aromatic rings. The number of hydrogen-bond donors (Lipinski definition) is 1. The van der Waals surface area contributed by atoms with Gasteiger partial charge in [-0.15, -0.1) is 0 Å². The molecule has 0 saturated carbocycles. The van der Waals surface area contributed by atoms with Crippen LogP contribution in [-0.4, -0.2) is 21.2 Å². The van der Waals surface area contributed by atoms with Crippen molar-refractivity contribution in [2.45, 2.75) is 32.8 Å². The highest BCUT2D eigenvalue weighted by Crippen LogP contribution is 2.24. The minimum absolute atomic E-state index is 0.0994. The van der Waals surface area contributed by atoms with Gasteiger partial charge in [0.15, 0.2) is 12.4 Å². The Bertz CT molecular complexity index is 661. The van der Waals surface area contributed by atoms with E-state index < -0.39 is 5.97 Å². The number of rotatable bonds is 4. The van der Waals surface area contributed by atoms with Crippen molar-refractivity contribution in [3.63, 3.8) is 0 Å². The molecule has 0 atom stereocenters. The van der Waals surface area contributed by atoms with Crippen molar-refractivity contribution in [2.75, 3.05) is 0 Å². The fourth-order valence-electron chi connectivity index (χ4n) is 1.50. The van der Waals surface area contributed by atoms with E-state index in [4.69, 9.17) is 14.4 Å². The molecule has 0 spiro atoms. The van der Waals surface area contributed by atoms with E-state index in [1.165, 1.54) is 12.1 Å². The Morgan fingerprint density at radius 1 is 1.43 bits per heavy atom. The lowest BCUT2D eigenvalue weighted by atomic mass is 9.96. The molecule has 7 heteroatoms. The first-order valence-electron chi connectivity index (χ1n) is 6.26. The quantitative estimate of drug-likeness (QED) is 0.791. The number of carboxylic acids is 1. The number of aromatic nitrogens is 2. The lowest BCUT2D eigenvalue weighted by Crippen LogP contribution is -2.13. The Labute approximate surface area is 135 Å². The van der Waals surface area contributed by atoms with Crippen LogP contribution in [0.4, 0.5) is 0 Å². The van der Waals surface area contributed by atoms with Crippen LogP contribution >= 0.6 is 22.6 Å². The second kappa shape index (κ2) is 6.00. The van der Waals surface area contributed by atoms with E-state index in [2.05, 4.69) is 32.7 Å². The van der Waals surface area contributed by atoms with Crippen LogP contribution in [0.15, 0.2) is 22.7 Å². The maximum atomic E-state index is 11.0. The molecular formula is C14H15IN2O4. The van der Waals surface area contributed by atoms with Gasteiger partial charge in [0.1, 0.15) is 5.75 Å². The summed E-state index contributed by atoms with van der Waals surface area (Å²) in [6.07, 6.45) is 0. The van der Waals surface area contributed by atoms with Crippen molar-refractivity contribution in [1.29, 1.82) is 0 Å². The zero-order valence-electron chi connectivity index (χ0n) is 11.9. The maximum absolute atomic E-state index is 11.0. The molecule has 1 heterocycles. The first-order valence-corrected chi connectivity index (χ1v) is 7.34. The van der Waals surface area contributed by atoms with Gasteiger partial charge in [-0.1, -0.05) is 25.9 Å². The van der Waals surface area contributed by atoms with Crippen molar-refractivity contribution in [1.82, 2.24) is 10.1 Å². The standard InChI is InChI=1S/C14H15IN2O4/c1-14(2,3)13-16-11(21-17-13)7-20-10-6-8(12(18)19)4-5-9(10)15/h4-6H,7H2,1-3H3,(H,18,19). The second-order valence-electron chi connectivity index (χ2n) is 5.50. The third kappa shape index (κ3) is 3.93. The average Bonchev–Trinajstić information content (AvgIpc) is 2.86. The number of ether oxygens (including phenoxy) is 1. The van der Waals surface area contributed by atoms with Gasteiger partial charge in [-0.2, -0.15) is 4.98 Å². The van der Waals surface area contributed by atoms with Gasteiger partial charge in [-0.05, 0) is 40.8 Å². The maximum Gasteiger partial charge on any atom is 0.335 e. The Kier molecular flexibility index (Phi) is 4.50. The Morgan fingerprint density at radius 3 is 2.71 bits per heavy atom. The van der Waals surface area contributed by atoms with Crippen LogP contribution in [0.2, 0.25) is 0 Å². The molecule has 0 unspecified atom stereocenters. The SMILES string of the molecule is CC(C)(C)c1noc(COc2cc(C(=O)O)ccc2I)n1. The zero-order valence-corrected chi connectivity index (χ0v) is 14.0. The number of benzene rings is 1.